The number of furan rings is 1. The molecule has 3 atom stereocenters. The predicted molar refractivity (Wildman–Crippen MR) is 141 cm³/mol. The van der Waals surface area contributed by atoms with Crippen LogP contribution in [0.15, 0.2) is 40.8 Å². The van der Waals surface area contributed by atoms with Gasteiger partial charge in [0.25, 0.3) is 5.91 Å². The Morgan fingerprint density at radius 1 is 1.00 bits per heavy atom. The van der Waals surface area contributed by atoms with Crippen LogP contribution in [0, 0.1) is 17.7 Å². The standard InChI is InChI=1S/C30H37FN2O6/c31-22-12-6-11-21(16-22)25-13-14-26(38-25)29(36)32-23(15-19-7-2-1-3-8-19)28(35)33-24-17-27(34)39-30(24)37-18-20-9-4-5-10-20/h6,11-14,16,19-20,23-24,30H,1-5,7-10,15,17-18H2,(H,32,36)(H,33,35)/t23-,24?,30?/m0/s1. The van der Waals surface area contributed by atoms with E-state index in [1.807, 2.05) is 0 Å². The Kier molecular flexibility index (Phi) is 8.96. The molecule has 1 saturated heterocycles. The molecular weight excluding hydrogens is 503 g/mol. The van der Waals surface area contributed by atoms with Gasteiger partial charge in [0.2, 0.25) is 12.2 Å². The summed E-state index contributed by atoms with van der Waals surface area (Å²) >= 11 is 0. The third-order valence-electron chi connectivity index (χ3n) is 8.12. The van der Waals surface area contributed by atoms with Gasteiger partial charge < -0.3 is 24.5 Å². The summed E-state index contributed by atoms with van der Waals surface area (Å²) < 4.78 is 30.6. The van der Waals surface area contributed by atoms with Crippen molar-refractivity contribution in [3.63, 3.8) is 0 Å². The topological polar surface area (TPSA) is 107 Å². The molecule has 1 aliphatic heterocycles. The average Bonchev–Trinajstić information content (AvgIpc) is 3.69. The highest BCUT2D eigenvalue weighted by molar-refractivity contribution is 5.96. The molecule has 2 unspecified atom stereocenters. The van der Waals surface area contributed by atoms with Gasteiger partial charge in [-0.15, -0.1) is 0 Å². The number of rotatable bonds is 10. The minimum absolute atomic E-state index is 0.0281. The molecule has 2 aliphatic carbocycles. The van der Waals surface area contributed by atoms with E-state index in [4.69, 9.17) is 13.9 Å². The first kappa shape index (κ1) is 27.4. The van der Waals surface area contributed by atoms with E-state index in [1.165, 1.54) is 37.5 Å². The second-order valence-corrected chi connectivity index (χ2v) is 11.1. The van der Waals surface area contributed by atoms with Gasteiger partial charge in [0.15, 0.2) is 5.76 Å². The number of hydrogen-bond donors (Lipinski definition) is 2. The number of halogens is 1. The van der Waals surface area contributed by atoms with E-state index in [-0.39, 0.29) is 18.1 Å². The summed E-state index contributed by atoms with van der Waals surface area (Å²) in [6.07, 6.45) is 9.63. The molecule has 210 valence electrons. The summed E-state index contributed by atoms with van der Waals surface area (Å²) in [5.74, 6) is -0.562. The molecule has 39 heavy (non-hydrogen) atoms. The van der Waals surface area contributed by atoms with Crippen molar-refractivity contribution in [3.05, 3.63) is 48.0 Å². The zero-order valence-electron chi connectivity index (χ0n) is 22.2. The molecule has 0 radical (unpaired) electrons. The number of nitrogens with one attached hydrogen (secondary N) is 2. The lowest BCUT2D eigenvalue weighted by Crippen LogP contribution is -2.52. The molecular formula is C30H37FN2O6. The summed E-state index contributed by atoms with van der Waals surface area (Å²) in [6, 6.07) is 7.63. The summed E-state index contributed by atoms with van der Waals surface area (Å²) in [4.78, 5) is 38.7. The predicted octanol–water partition coefficient (Wildman–Crippen LogP) is 5.12. The van der Waals surface area contributed by atoms with Gasteiger partial charge in [0.05, 0.1) is 13.0 Å². The molecule has 1 aromatic heterocycles. The second-order valence-electron chi connectivity index (χ2n) is 11.1. The van der Waals surface area contributed by atoms with Crippen LogP contribution in [0.4, 0.5) is 4.39 Å². The zero-order chi connectivity index (χ0) is 27.2. The number of hydrogen-bond acceptors (Lipinski definition) is 6. The Bertz CT molecular complexity index is 1150. The van der Waals surface area contributed by atoms with Crippen molar-refractivity contribution in [2.75, 3.05) is 6.61 Å². The smallest absolute Gasteiger partial charge is 0.310 e. The van der Waals surface area contributed by atoms with Crippen molar-refractivity contribution in [1.29, 1.82) is 0 Å². The molecule has 3 aliphatic rings. The first-order chi connectivity index (χ1) is 18.9. The number of cyclic esters (lactones) is 1. The largest absolute Gasteiger partial charge is 0.451 e. The maximum Gasteiger partial charge on any atom is 0.310 e. The minimum Gasteiger partial charge on any atom is -0.451 e. The fourth-order valence-corrected chi connectivity index (χ4v) is 5.97. The van der Waals surface area contributed by atoms with Crippen LogP contribution in [0.5, 0.6) is 0 Å². The van der Waals surface area contributed by atoms with Crippen LogP contribution in [0.1, 0.15) is 81.2 Å². The van der Waals surface area contributed by atoms with Gasteiger partial charge in [-0.25, -0.2) is 4.39 Å². The van der Waals surface area contributed by atoms with Crippen LogP contribution < -0.4 is 10.6 Å². The molecule has 3 fully saturated rings. The Morgan fingerprint density at radius 2 is 1.74 bits per heavy atom. The normalized spacial score (nSPS) is 22.9. The maximum absolute atomic E-state index is 13.6. The van der Waals surface area contributed by atoms with Crippen LogP contribution in [0.2, 0.25) is 0 Å². The quantitative estimate of drug-likeness (QED) is 0.405. The van der Waals surface area contributed by atoms with E-state index in [1.54, 1.807) is 18.2 Å². The summed E-state index contributed by atoms with van der Waals surface area (Å²) in [5, 5.41) is 5.77. The third-order valence-corrected chi connectivity index (χ3v) is 8.12. The summed E-state index contributed by atoms with van der Waals surface area (Å²) in [6.45, 7) is 0.499. The second kappa shape index (κ2) is 12.8. The summed E-state index contributed by atoms with van der Waals surface area (Å²) in [5.41, 5.74) is 0.514. The zero-order valence-corrected chi connectivity index (χ0v) is 22.2. The van der Waals surface area contributed by atoms with Crippen LogP contribution >= 0.6 is 0 Å². The van der Waals surface area contributed by atoms with E-state index in [0.717, 1.165) is 38.5 Å². The van der Waals surface area contributed by atoms with E-state index < -0.39 is 36.1 Å². The average molecular weight is 541 g/mol. The number of ether oxygens (including phenoxy) is 2. The molecule has 2 heterocycles. The minimum atomic E-state index is -0.827. The lowest BCUT2D eigenvalue weighted by molar-refractivity contribution is -0.168. The maximum atomic E-state index is 13.6. The monoisotopic (exact) mass is 540 g/mol. The van der Waals surface area contributed by atoms with Gasteiger partial charge in [-0.2, -0.15) is 0 Å². The highest BCUT2D eigenvalue weighted by Gasteiger charge is 2.39. The van der Waals surface area contributed by atoms with Gasteiger partial charge >= 0.3 is 5.97 Å². The van der Waals surface area contributed by atoms with Crippen molar-refractivity contribution < 1.29 is 32.7 Å². The lowest BCUT2D eigenvalue weighted by Gasteiger charge is -2.28. The van der Waals surface area contributed by atoms with Gasteiger partial charge in [0.1, 0.15) is 23.7 Å². The van der Waals surface area contributed by atoms with E-state index in [0.29, 0.717) is 36.2 Å². The Hall–Kier alpha value is -3.20. The van der Waals surface area contributed by atoms with Crippen molar-refractivity contribution in [3.8, 4) is 11.3 Å². The van der Waals surface area contributed by atoms with Crippen LogP contribution in [0.3, 0.4) is 0 Å². The lowest BCUT2D eigenvalue weighted by atomic mass is 9.84. The highest BCUT2D eigenvalue weighted by atomic mass is 19.1. The Morgan fingerprint density at radius 3 is 2.51 bits per heavy atom. The van der Waals surface area contributed by atoms with E-state index in [9.17, 15) is 18.8 Å². The molecule has 0 spiro atoms. The van der Waals surface area contributed by atoms with Crippen LogP contribution in [-0.4, -0.2) is 42.8 Å². The molecule has 2 aromatic rings. The fraction of sp³-hybridized carbons (Fsp3) is 0.567. The van der Waals surface area contributed by atoms with Gasteiger partial charge in [-0.05, 0) is 55.4 Å². The van der Waals surface area contributed by atoms with E-state index in [2.05, 4.69) is 10.6 Å². The van der Waals surface area contributed by atoms with Gasteiger partial charge in [0, 0.05) is 5.56 Å². The first-order valence-corrected chi connectivity index (χ1v) is 14.2. The number of carbonyl (C=O) groups is 3. The summed E-state index contributed by atoms with van der Waals surface area (Å²) in [7, 11) is 0. The van der Waals surface area contributed by atoms with Crippen molar-refractivity contribution in [1.82, 2.24) is 10.6 Å². The number of benzene rings is 1. The molecule has 2 saturated carbocycles. The molecule has 8 nitrogen and oxygen atoms in total. The SMILES string of the molecule is O=C1CC(NC(=O)[C@H](CC2CCCCC2)NC(=O)c2ccc(-c3cccc(F)c3)o2)C(OCC2CCCC2)O1. The van der Waals surface area contributed by atoms with Crippen molar-refractivity contribution >= 4 is 17.8 Å². The fourth-order valence-electron chi connectivity index (χ4n) is 5.97. The number of carbonyl (C=O) groups excluding carboxylic acids is 3. The Labute approximate surface area is 228 Å². The number of esters is 1. The molecule has 9 heteroatoms. The van der Waals surface area contributed by atoms with Crippen LogP contribution in [0.25, 0.3) is 11.3 Å². The Balaban J connectivity index is 1.25. The highest BCUT2D eigenvalue weighted by Crippen LogP contribution is 2.29. The van der Waals surface area contributed by atoms with E-state index >= 15 is 0 Å². The van der Waals surface area contributed by atoms with Crippen molar-refractivity contribution in [2.24, 2.45) is 11.8 Å². The molecule has 2 N–H and O–H groups in total. The van der Waals surface area contributed by atoms with Crippen molar-refractivity contribution in [2.45, 2.75) is 89.0 Å². The third kappa shape index (κ3) is 7.26. The first-order valence-electron chi connectivity index (χ1n) is 14.2. The van der Waals surface area contributed by atoms with Crippen LogP contribution in [-0.2, 0) is 19.1 Å². The van der Waals surface area contributed by atoms with Gasteiger partial charge in [-0.1, -0.05) is 57.1 Å². The van der Waals surface area contributed by atoms with Gasteiger partial charge in [-0.3, -0.25) is 14.4 Å². The number of amides is 2. The molecule has 0 bridgehead atoms. The molecule has 1 aromatic carbocycles. The molecule has 2 amide bonds. The molecule has 5 rings (SSSR count).